The van der Waals surface area contributed by atoms with Gasteiger partial charge in [0.1, 0.15) is 11.4 Å². The van der Waals surface area contributed by atoms with Crippen LogP contribution in [0.5, 0.6) is 0 Å². The fourth-order valence-electron chi connectivity index (χ4n) is 2.46. The molecule has 0 amide bonds. The molecule has 0 N–H and O–H groups in total. The fourth-order valence-corrected chi connectivity index (χ4v) is 3.38. The summed E-state index contributed by atoms with van der Waals surface area (Å²) >= 11 is 1.55. The van der Waals surface area contributed by atoms with Gasteiger partial charge in [-0.25, -0.2) is 4.98 Å². The average molecular weight is 338 g/mol. The Morgan fingerprint density at radius 3 is 2.83 bits per heavy atom. The van der Waals surface area contributed by atoms with Crippen LogP contribution in [0.15, 0.2) is 51.9 Å². The summed E-state index contributed by atoms with van der Waals surface area (Å²) in [5.74, 6) is 0.819. The number of aromatic nitrogens is 4. The highest BCUT2D eigenvalue weighted by Crippen LogP contribution is 2.21. The van der Waals surface area contributed by atoms with Gasteiger partial charge in [0, 0.05) is 10.4 Å². The van der Waals surface area contributed by atoms with E-state index in [9.17, 15) is 4.79 Å². The number of fused-ring (bicyclic) bond motifs is 1. The van der Waals surface area contributed by atoms with Crippen LogP contribution in [0.4, 0.5) is 0 Å². The Morgan fingerprint density at radius 2 is 2.04 bits per heavy atom. The van der Waals surface area contributed by atoms with E-state index in [1.54, 1.807) is 11.3 Å². The third-order valence-electron chi connectivity index (χ3n) is 3.71. The van der Waals surface area contributed by atoms with Crippen LogP contribution in [0.25, 0.3) is 21.7 Å². The number of nitrogens with zero attached hydrogens (tertiary/aromatic N) is 4. The largest absolute Gasteiger partial charge is 0.419 e. The van der Waals surface area contributed by atoms with Gasteiger partial charge < -0.3 is 4.42 Å². The molecule has 1 aromatic carbocycles. The zero-order chi connectivity index (χ0) is 16.5. The molecule has 24 heavy (non-hydrogen) atoms. The van der Waals surface area contributed by atoms with E-state index in [1.807, 2.05) is 36.4 Å². The Labute approximate surface area is 141 Å². The van der Waals surface area contributed by atoms with Crippen molar-refractivity contribution in [1.82, 2.24) is 19.7 Å². The molecule has 0 aliphatic carbocycles. The summed E-state index contributed by atoms with van der Waals surface area (Å²) < 4.78 is 7.16. The van der Waals surface area contributed by atoms with E-state index in [0.29, 0.717) is 17.2 Å². The molecule has 0 aliphatic rings. The smallest absolute Gasteiger partial charge is 0.262 e. The molecule has 6 nitrogen and oxygen atoms in total. The summed E-state index contributed by atoms with van der Waals surface area (Å²) in [6.07, 6.45) is 2.43. The third-order valence-corrected chi connectivity index (χ3v) is 4.90. The highest BCUT2D eigenvalue weighted by Gasteiger charge is 2.12. The molecule has 0 saturated heterocycles. The first kappa shape index (κ1) is 14.8. The van der Waals surface area contributed by atoms with Crippen molar-refractivity contribution in [3.05, 3.63) is 63.8 Å². The SMILES string of the molecule is CCc1cc2c(=O)n(Cc3nnc(-c4ccccc4)o3)cnc2s1. The first-order valence-corrected chi connectivity index (χ1v) is 8.42. The van der Waals surface area contributed by atoms with Crippen molar-refractivity contribution < 1.29 is 4.42 Å². The van der Waals surface area contributed by atoms with Crippen LogP contribution in [-0.2, 0) is 13.0 Å². The molecule has 0 spiro atoms. The van der Waals surface area contributed by atoms with Crippen LogP contribution in [-0.4, -0.2) is 19.7 Å². The molecule has 0 atom stereocenters. The molecule has 0 aliphatic heterocycles. The normalized spacial score (nSPS) is 11.2. The van der Waals surface area contributed by atoms with Crippen molar-refractivity contribution >= 4 is 21.6 Å². The van der Waals surface area contributed by atoms with Crippen molar-refractivity contribution in [3.63, 3.8) is 0 Å². The summed E-state index contributed by atoms with van der Waals surface area (Å²) in [4.78, 5) is 18.9. The second-order valence-electron chi connectivity index (χ2n) is 5.33. The molecule has 0 bridgehead atoms. The molecule has 4 aromatic rings. The van der Waals surface area contributed by atoms with Gasteiger partial charge in [0.25, 0.3) is 5.56 Å². The van der Waals surface area contributed by atoms with Crippen LogP contribution >= 0.6 is 11.3 Å². The number of aryl methyl sites for hydroxylation is 1. The lowest BCUT2D eigenvalue weighted by Gasteiger charge is -2.00. The lowest BCUT2D eigenvalue weighted by Crippen LogP contribution is -2.20. The molecule has 3 aromatic heterocycles. The number of hydrogen-bond donors (Lipinski definition) is 0. The molecule has 0 unspecified atom stereocenters. The summed E-state index contributed by atoms with van der Waals surface area (Å²) in [6.45, 7) is 2.27. The summed E-state index contributed by atoms with van der Waals surface area (Å²) in [7, 11) is 0. The Hall–Kier alpha value is -2.80. The Balaban J connectivity index is 1.66. The minimum atomic E-state index is -0.0876. The van der Waals surface area contributed by atoms with Gasteiger partial charge in [0.2, 0.25) is 11.8 Å². The van der Waals surface area contributed by atoms with Crippen LogP contribution in [0.1, 0.15) is 17.7 Å². The number of thiophene rings is 1. The van der Waals surface area contributed by atoms with Gasteiger partial charge >= 0.3 is 0 Å². The van der Waals surface area contributed by atoms with E-state index in [1.165, 1.54) is 10.9 Å². The van der Waals surface area contributed by atoms with Crippen molar-refractivity contribution in [3.8, 4) is 11.5 Å². The molecule has 0 radical (unpaired) electrons. The molecule has 0 fully saturated rings. The van der Waals surface area contributed by atoms with E-state index in [0.717, 1.165) is 21.7 Å². The summed E-state index contributed by atoms with van der Waals surface area (Å²) in [5.41, 5.74) is 0.762. The van der Waals surface area contributed by atoms with Gasteiger partial charge in [-0.1, -0.05) is 25.1 Å². The number of rotatable bonds is 4. The van der Waals surface area contributed by atoms with E-state index >= 15 is 0 Å². The quantitative estimate of drug-likeness (QED) is 0.571. The van der Waals surface area contributed by atoms with Crippen LogP contribution < -0.4 is 5.56 Å². The van der Waals surface area contributed by atoms with Crippen LogP contribution in [0, 0.1) is 0 Å². The van der Waals surface area contributed by atoms with Crippen molar-refractivity contribution in [2.75, 3.05) is 0 Å². The second kappa shape index (κ2) is 6.01. The highest BCUT2D eigenvalue weighted by atomic mass is 32.1. The molecule has 4 rings (SSSR count). The van der Waals surface area contributed by atoms with E-state index in [4.69, 9.17) is 4.42 Å². The van der Waals surface area contributed by atoms with Crippen molar-refractivity contribution in [2.24, 2.45) is 0 Å². The average Bonchev–Trinajstić information content (AvgIpc) is 3.25. The van der Waals surface area contributed by atoms with E-state index in [-0.39, 0.29) is 12.1 Å². The Morgan fingerprint density at radius 1 is 1.21 bits per heavy atom. The zero-order valence-electron chi connectivity index (χ0n) is 13.0. The van der Waals surface area contributed by atoms with Crippen LogP contribution in [0.2, 0.25) is 0 Å². The lowest BCUT2D eigenvalue weighted by molar-refractivity contribution is 0.483. The lowest BCUT2D eigenvalue weighted by atomic mass is 10.2. The van der Waals surface area contributed by atoms with Crippen LogP contribution in [0.3, 0.4) is 0 Å². The first-order chi connectivity index (χ1) is 11.7. The minimum absolute atomic E-state index is 0.0876. The van der Waals surface area contributed by atoms with Gasteiger partial charge in [-0.05, 0) is 24.6 Å². The molecule has 120 valence electrons. The predicted octanol–water partition coefficient (Wildman–Crippen LogP) is 3.12. The van der Waals surface area contributed by atoms with Gasteiger partial charge in [-0.2, -0.15) is 0 Å². The molecule has 3 heterocycles. The molecule has 0 saturated carbocycles. The molecular formula is C17H14N4O2S. The van der Waals surface area contributed by atoms with Crippen molar-refractivity contribution in [2.45, 2.75) is 19.9 Å². The zero-order valence-corrected chi connectivity index (χ0v) is 13.8. The summed E-state index contributed by atoms with van der Waals surface area (Å²) in [5, 5.41) is 8.71. The minimum Gasteiger partial charge on any atom is -0.419 e. The van der Waals surface area contributed by atoms with Gasteiger partial charge in [-0.15, -0.1) is 21.5 Å². The predicted molar refractivity (Wildman–Crippen MR) is 92.1 cm³/mol. The van der Waals surface area contributed by atoms with E-state index in [2.05, 4.69) is 22.1 Å². The summed E-state index contributed by atoms with van der Waals surface area (Å²) in [6, 6.07) is 11.4. The fraction of sp³-hybridized carbons (Fsp3) is 0.176. The van der Waals surface area contributed by atoms with Gasteiger partial charge in [0.05, 0.1) is 11.7 Å². The Bertz CT molecular complexity index is 1050. The monoisotopic (exact) mass is 338 g/mol. The maximum atomic E-state index is 12.6. The highest BCUT2D eigenvalue weighted by molar-refractivity contribution is 7.18. The standard InChI is InChI=1S/C17H14N4O2S/c1-2-12-8-13-16(24-12)18-10-21(17(13)22)9-14-19-20-15(23-14)11-6-4-3-5-7-11/h3-8,10H,2,9H2,1H3. The maximum Gasteiger partial charge on any atom is 0.262 e. The Kier molecular flexibility index (Phi) is 3.70. The molecular weight excluding hydrogens is 324 g/mol. The number of hydrogen-bond acceptors (Lipinski definition) is 6. The first-order valence-electron chi connectivity index (χ1n) is 7.60. The van der Waals surface area contributed by atoms with E-state index < -0.39 is 0 Å². The third kappa shape index (κ3) is 2.63. The van der Waals surface area contributed by atoms with Gasteiger partial charge in [-0.3, -0.25) is 9.36 Å². The van der Waals surface area contributed by atoms with Gasteiger partial charge in [0.15, 0.2) is 0 Å². The number of benzene rings is 1. The topological polar surface area (TPSA) is 73.8 Å². The maximum absolute atomic E-state index is 12.6. The second-order valence-corrected chi connectivity index (χ2v) is 6.44. The van der Waals surface area contributed by atoms with Crippen molar-refractivity contribution in [1.29, 1.82) is 0 Å². The molecule has 7 heteroatoms.